The standard InChI is InChI=1S/C6H14N2.C4H6O6/c7-5-2-1-3-6(8)4-5;5-1(3(7)8)2(6)4(9)10/h5-6H,1-4,7-8H2;1-2,5-6H,(H,7,8)(H,9,10)/t5-,6-;/m1./s1. The maximum absolute atomic E-state index is 9.77. The molecule has 8 N–H and O–H groups in total. The molecule has 18 heavy (non-hydrogen) atoms. The average Bonchev–Trinajstić information content (AvgIpc) is 2.27. The Labute approximate surface area is 104 Å². The van der Waals surface area contributed by atoms with Gasteiger partial charge in [-0.3, -0.25) is 0 Å². The first kappa shape index (κ1) is 16.8. The summed E-state index contributed by atoms with van der Waals surface area (Å²) < 4.78 is 0. The maximum Gasteiger partial charge on any atom is 0.335 e. The lowest BCUT2D eigenvalue weighted by atomic mass is 9.92. The molecule has 1 rings (SSSR count). The van der Waals surface area contributed by atoms with Crippen molar-refractivity contribution in [3.05, 3.63) is 0 Å². The van der Waals surface area contributed by atoms with Crippen LogP contribution in [0, 0.1) is 0 Å². The van der Waals surface area contributed by atoms with Gasteiger partial charge in [-0.15, -0.1) is 0 Å². The van der Waals surface area contributed by atoms with E-state index in [1.165, 1.54) is 19.3 Å². The molecule has 1 saturated carbocycles. The molecule has 0 bridgehead atoms. The van der Waals surface area contributed by atoms with Gasteiger partial charge in [-0.05, 0) is 19.3 Å². The Balaban J connectivity index is 0.000000327. The largest absolute Gasteiger partial charge is 0.479 e. The van der Waals surface area contributed by atoms with Gasteiger partial charge < -0.3 is 31.9 Å². The van der Waals surface area contributed by atoms with Crippen LogP contribution in [0.15, 0.2) is 0 Å². The molecule has 0 amide bonds. The highest BCUT2D eigenvalue weighted by Gasteiger charge is 2.29. The van der Waals surface area contributed by atoms with Gasteiger partial charge in [0.15, 0.2) is 12.2 Å². The Morgan fingerprint density at radius 3 is 1.44 bits per heavy atom. The fraction of sp³-hybridized carbons (Fsp3) is 0.800. The highest BCUT2D eigenvalue weighted by Crippen LogP contribution is 2.14. The lowest BCUT2D eigenvalue weighted by Crippen LogP contribution is -2.39. The summed E-state index contributed by atoms with van der Waals surface area (Å²) in [5.74, 6) is -3.54. The van der Waals surface area contributed by atoms with Gasteiger partial charge in [-0.25, -0.2) is 9.59 Å². The minimum Gasteiger partial charge on any atom is -0.479 e. The van der Waals surface area contributed by atoms with Crippen molar-refractivity contribution in [1.29, 1.82) is 0 Å². The third-order valence-electron chi connectivity index (χ3n) is 2.56. The Kier molecular flexibility index (Phi) is 7.44. The number of rotatable bonds is 3. The quantitative estimate of drug-likeness (QED) is 0.343. The Bertz CT molecular complexity index is 260. The van der Waals surface area contributed by atoms with Crippen LogP contribution < -0.4 is 11.5 Å². The number of hydrogen-bond acceptors (Lipinski definition) is 6. The van der Waals surface area contributed by atoms with E-state index >= 15 is 0 Å². The average molecular weight is 264 g/mol. The van der Waals surface area contributed by atoms with Crippen LogP contribution in [0.5, 0.6) is 0 Å². The van der Waals surface area contributed by atoms with E-state index in [0.29, 0.717) is 12.1 Å². The molecule has 0 saturated heterocycles. The highest BCUT2D eigenvalue weighted by molar-refractivity contribution is 5.83. The van der Waals surface area contributed by atoms with Gasteiger partial charge in [-0.1, -0.05) is 6.42 Å². The van der Waals surface area contributed by atoms with Crippen LogP contribution in [0.4, 0.5) is 0 Å². The highest BCUT2D eigenvalue weighted by atomic mass is 16.4. The van der Waals surface area contributed by atoms with Crippen molar-refractivity contribution in [2.75, 3.05) is 0 Å². The maximum atomic E-state index is 9.77. The monoisotopic (exact) mass is 264 g/mol. The van der Waals surface area contributed by atoms with E-state index in [1.54, 1.807) is 0 Å². The second kappa shape index (κ2) is 7.98. The van der Waals surface area contributed by atoms with Crippen molar-refractivity contribution in [3.8, 4) is 0 Å². The molecular weight excluding hydrogens is 244 g/mol. The molecule has 4 atom stereocenters. The molecule has 0 spiro atoms. The molecule has 0 heterocycles. The predicted molar refractivity (Wildman–Crippen MR) is 61.7 cm³/mol. The van der Waals surface area contributed by atoms with Gasteiger partial charge in [0, 0.05) is 12.1 Å². The third-order valence-corrected chi connectivity index (χ3v) is 2.56. The molecular formula is C10H20N2O6. The number of aliphatic hydroxyl groups excluding tert-OH is 2. The third kappa shape index (κ3) is 6.50. The zero-order valence-corrected chi connectivity index (χ0v) is 9.90. The summed E-state index contributed by atoms with van der Waals surface area (Å²) in [5, 5.41) is 32.5. The van der Waals surface area contributed by atoms with Gasteiger partial charge >= 0.3 is 11.9 Å². The minimum absolute atomic E-state index is 0.388. The number of carbonyl (C=O) groups is 2. The Morgan fingerprint density at radius 1 is 0.944 bits per heavy atom. The zero-order chi connectivity index (χ0) is 14.3. The van der Waals surface area contributed by atoms with Crippen molar-refractivity contribution < 1.29 is 30.0 Å². The number of carboxylic acid groups (broad SMARTS) is 2. The molecule has 0 radical (unpaired) electrons. The van der Waals surface area contributed by atoms with E-state index in [2.05, 4.69) is 0 Å². The number of carboxylic acids is 2. The minimum atomic E-state index is -2.27. The molecule has 8 nitrogen and oxygen atoms in total. The molecule has 0 aliphatic heterocycles. The van der Waals surface area contributed by atoms with Gasteiger partial charge in [0.25, 0.3) is 0 Å². The van der Waals surface area contributed by atoms with Gasteiger partial charge in [0.05, 0.1) is 0 Å². The SMILES string of the molecule is N[C@@H]1CCC[C@@H](N)C1.O=C(O)C(O)C(O)C(=O)O. The summed E-state index contributed by atoms with van der Waals surface area (Å²) in [7, 11) is 0. The van der Waals surface area contributed by atoms with Crippen LogP contribution in [-0.2, 0) is 9.59 Å². The van der Waals surface area contributed by atoms with Crippen molar-refractivity contribution in [1.82, 2.24) is 0 Å². The number of aliphatic carboxylic acids is 2. The first-order chi connectivity index (χ1) is 8.25. The van der Waals surface area contributed by atoms with E-state index < -0.39 is 24.1 Å². The van der Waals surface area contributed by atoms with Crippen LogP contribution in [0.2, 0.25) is 0 Å². The number of aliphatic hydroxyl groups is 2. The Morgan fingerprint density at radius 2 is 1.28 bits per heavy atom. The molecule has 8 heteroatoms. The molecule has 0 aromatic heterocycles. The van der Waals surface area contributed by atoms with Crippen LogP contribution in [-0.4, -0.2) is 56.7 Å². The lowest BCUT2D eigenvalue weighted by molar-refractivity contribution is -0.165. The predicted octanol–water partition coefficient (Wildman–Crippen LogP) is -1.91. The van der Waals surface area contributed by atoms with Crippen molar-refractivity contribution >= 4 is 11.9 Å². The zero-order valence-electron chi connectivity index (χ0n) is 9.90. The summed E-state index contributed by atoms with van der Waals surface area (Å²) >= 11 is 0. The van der Waals surface area contributed by atoms with Crippen LogP contribution in [0.25, 0.3) is 0 Å². The van der Waals surface area contributed by atoms with Crippen molar-refractivity contribution in [2.24, 2.45) is 11.5 Å². The van der Waals surface area contributed by atoms with Gasteiger partial charge in [-0.2, -0.15) is 0 Å². The van der Waals surface area contributed by atoms with E-state index in [-0.39, 0.29) is 0 Å². The molecule has 0 aromatic carbocycles. The summed E-state index contributed by atoms with van der Waals surface area (Å²) in [4.78, 5) is 19.5. The van der Waals surface area contributed by atoms with Gasteiger partial charge in [0.1, 0.15) is 0 Å². The molecule has 1 aliphatic rings. The summed E-state index contributed by atoms with van der Waals surface area (Å²) in [5.41, 5.74) is 11.3. The van der Waals surface area contributed by atoms with Crippen molar-refractivity contribution in [3.63, 3.8) is 0 Å². The fourth-order valence-corrected chi connectivity index (χ4v) is 1.54. The van der Waals surface area contributed by atoms with E-state index in [1.807, 2.05) is 0 Å². The second-order valence-electron chi connectivity index (χ2n) is 4.25. The summed E-state index contributed by atoms with van der Waals surface area (Å²) in [6, 6.07) is 0.775. The normalized spacial score (nSPS) is 26.4. The molecule has 2 unspecified atom stereocenters. The van der Waals surface area contributed by atoms with Crippen LogP contribution in [0.3, 0.4) is 0 Å². The van der Waals surface area contributed by atoms with E-state index in [9.17, 15) is 9.59 Å². The van der Waals surface area contributed by atoms with Crippen LogP contribution in [0.1, 0.15) is 25.7 Å². The summed E-state index contributed by atoms with van der Waals surface area (Å²) in [6.45, 7) is 0. The number of nitrogens with two attached hydrogens (primary N) is 2. The number of hydrogen-bond donors (Lipinski definition) is 6. The summed E-state index contributed by atoms with van der Waals surface area (Å²) in [6.07, 6.45) is 0.0685. The molecule has 106 valence electrons. The van der Waals surface area contributed by atoms with E-state index in [0.717, 1.165) is 6.42 Å². The topological polar surface area (TPSA) is 167 Å². The van der Waals surface area contributed by atoms with Gasteiger partial charge in [0.2, 0.25) is 0 Å². The fourth-order valence-electron chi connectivity index (χ4n) is 1.54. The first-order valence-electron chi connectivity index (χ1n) is 5.58. The van der Waals surface area contributed by atoms with Crippen molar-refractivity contribution in [2.45, 2.75) is 50.0 Å². The lowest BCUT2D eigenvalue weighted by Gasteiger charge is -2.22. The second-order valence-corrected chi connectivity index (χ2v) is 4.25. The molecule has 1 fully saturated rings. The van der Waals surface area contributed by atoms with E-state index in [4.69, 9.17) is 31.9 Å². The van der Waals surface area contributed by atoms with Crippen LogP contribution >= 0.6 is 0 Å². The molecule has 0 aromatic rings. The smallest absolute Gasteiger partial charge is 0.335 e. The first-order valence-corrected chi connectivity index (χ1v) is 5.58. The Hall–Kier alpha value is -1.22. The molecule has 1 aliphatic carbocycles.